The molecule has 0 spiro atoms. The van der Waals surface area contributed by atoms with Gasteiger partial charge in [0.1, 0.15) is 17.0 Å². The van der Waals surface area contributed by atoms with Crippen LogP contribution in [0.2, 0.25) is 5.15 Å². The maximum absolute atomic E-state index is 5.77. The van der Waals surface area contributed by atoms with E-state index in [0.717, 1.165) is 29.7 Å². The summed E-state index contributed by atoms with van der Waals surface area (Å²) in [6.07, 6.45) is 2.94. The first-order valence-electron chi connectivity index (χ1n) is 4.44. The molecule has 1 fully saturated rings. The topological polar surface area (TPSA) is 34.1 Å². The minimum atomic E-state index is 0. The molecule has 1 atom stereocenters. The van der Waals surface area contributed by atoms with Crippen molar-refractivity contribution in [3.8, 4) is 5.75 Å². The van der Waals surface area contributed by atoms with Crippen molar-refractivity contribution in [3.05, 3.63) is 21.9 Å². The third kappa shape index (κ3) is 3.48. The Bertz CT molecular complexity index is 332. The van der Waals surface area contributed by atoms with Gasteiger partial charge in [-0.15, -0.1) is 12.4 Å². The molecule has 2 heterocycles. The SMILES string of the molecule is Cl.Clc1ncc(O[C@H]2CCNC2)cc1Br. The van der Waals surface area contributed by atoms with Gasteiger partial charge in [-0.1, -0.05) is 11.6 Å². The molecule has 1 N–H and O–H groups in total. The van der Waals surface area contributed by atoms with Crippen LogP contribution in [0.25, 0.3) is 0 Å². The van der Waals surface area contributed by atoms with Gasteiger partial charge in [0, 0.05) is 6.54 Å². The van der Waals surface area contributed by atoms with Gasteiger partial charge >= 0.3 is 0 Å². The van der Waals surface area contributed by atoms with E-state index in [1.165, 1.54) is 0 Å². The predicted octanol–water partition coefficient (Wildman–Crippen LogP) is 2.66. The average Bonchev–Trinajstić information content (AvgIpc) is 2.64. The van der Waals surface area contributed by atoms with Gasteiger partial charge in [-0.2, -0.15) is 0 Å². The van der Waals surface area contributed by atoms with E-state index < -0.39 is 0 Å². The lowest BCUT2D eigenvalue weighted by Crippen LogP contribution is -2.19. The van der Waals surface area contributed by atoms with Crippen molar-refractivity contribution in [1.82, 2.24) is 10.3 Å². The van der Waals surface area contributed by atoms with Crippen LogP contribution in [0.5, 0.6) is 5.75 Å². The molecule has 0 aromatic carbocycles. The Morgan fingerprint density at radius 1 is 1.60 bits per heavy atom. The zero-order valence-electron chi connectivity index (χ0n) is 7.87. The van der Waals surface area contributed by atoms with E-state index >= 15 is 0 Å². The molecule has 84 valence electrons. The Hall–Kier alpha value is -0.0300. The molecule has 1 saturated heterocycles. The highest BCUT2D eigenvalue weighted by Crippen LogP contribution is 2.25. The number of nitrogens with one attached hydrogen (secondary N) is 1. The Balaban J connectivity index is 0.00000112. The fraction of sp³-hybridized carbons (Fsp3) is 0.444. The third-order valence-electron chi connectivity index (χ3n) is 2.09. The van der Waals surface area contributed by atoms with Gasteiger partial charge in [0.25, 0.3) is 0 Å². The van der Waals surface area contributed by atoms with Crippen LogP contribution in [0.3, 0.4) is 0 Å². The maximum atomic E-state index is 5.77. The number of ether oxygens (including phenoxy) is 1. The molecule has 6 heteroatoms. The smallest absolute Gasteiger partial charge is 0.143 e. The van der Waals surface area contributed by atoms with Crippen LogP contribution in [0, 0.1) is 0 Å². The second-order valence-electron chi connectivity index (χ2n) is 3.18. The number of halogens is 3. The highest BCUT2D eigenvalue weighted by molar-refractivity contribution is 9.10. The summed E-state index contributed by atoms with van der Waals surface area (Å²) >= 11 is 9.08. The van der Waals surface area contributed by atoms with Gasteiger partial charge in [-0.25, -0.2) is 4.98 Å². The summed E-state index contributed by atoms with van der Waals surface area (Å²) in [4.78, 5) is 3.99. The second-order valence-corrected chi connectivity index (χ2v) is 4.39. The lowest BCUT2D eigenvalue weighted by atomic mass is 10.3. The van der Waals surface area contributed by atoms with Gasteiger partial charge in [-0.05, 0) is 35.0 Å². The number of aromatic nitrogens is 1. The molecule has 1 aliphatic heterocycles. The van der Waals surface area contributed by atoms with Crippen molar-refractivity contribution in [2.45, 2.75) is 12.5 Å². The summed E-state index contributed by atoms with van der Waals surface area (Å²) in [5.74, 6) is 0.759. The van der Waals surface area contributed by atoms with Crippen molar-refractivity contribution in [3.63, 3.8) is 0 Å². The molecule has 0 aliphatic carbocycles. The van der Waals surface area contributed by atoms with Crippen molar-refractivity contribution in [2.24, 2.45) is 0 Å². The van der Waals surface area contributed by atoms with Crippen LogP contribution < -0.4 is 10.1 Å². The van der Waals surface area contributed by atoms with Crippen LogP contribution in [-0.4, -0.2) is 24.2 Å². The van der Waals surface area contributed by atoms with E-state index in [1.54, 1.807) is 6.20 Å². The van der Waals surface area contributed by atoms with Gasteiger partial charge in [0.15, 0.2) is 0 Å². The van der Waals surface area contributed by atoms with E-state index in [1.807, 2.05) is 6.07 Å². The van der Waals surface area contributed by atoms with Crippen LogP contribution in [0.15, 0.2) is 16.7 Å². The number of pyridine rings is 1. The standard InChI is InChI=1S/C9H10BrClN2O.ClH/c10-8-3-7(5-13-9(8)11)14-6-1-2-12-4-6;/h3,5-6,12H,1-2,4H2;1H/t6-;/m0./s1. The lowest BCUT2D eigenvalue weighted by Gasteiger charge is -2.12. The van der Waals surface area contributed by atoms with E-state index in [-0.39, 0.29) is 18.5 Å². The van der Waals surface area contributed by atoms with Gasteiger partial charge < -0.3 is 10.1 Å². The largest absolute Gasteiger partial charge is 0.487 e. The normalized spacial score (nSPS) is 19.7. The van der Waals surface area contributed by atoms with E-state index in [0.29, 0.717) is 5.15 Å². The predicted molar refractivity (Wildman–Crippen MR) is 66.1 cm³/mol. The maximum Gasteiger partial charge on any atom is 0.143 e. The van der Waals surface area contributed by atoms with Crippen molar-refractivity contribution >= 4 is 39.9 Å². The molecule has 0 unspecified atom stereocenters. The minimum Gasteiger partial charge on any atom is -0.487 e. The quantitative estimate of drug-likeness (QED) is 0.852. The van der Waals surface area contributed by atoms with Crippen LogP contribution in [-0.2, 0) is 0 Å². The van der Waals surface area contributed by atoms with Crippen LogP contribution in [0.4, 0.5) is 0 Å². The zero-order valence-corrected chi connectivity index (χ0v) is 11.0. The Morgan fingerprint density at radius 2 is 2.40 bits per heavy atom. The molecule has 1 aromatic rings. The van der Waals surface area contributed by atoms with Gasteiger partial charge in [0.2, 0.25) is 0 Å². The first-order valence-corrected chi connectivity index (χ1v) is 5.61. The number of nitrogens with zero attached hydrogens (tertiary/aromatic N) is 1. The lowest BCUT2D eigenvalue weighted by molar-refractivity contribution is 0.222. The van der Waals surface area contributed by atoms with E-state index in [9.17, 15) is 0 Å². The molecule has 0 radical (unpaired) electrons. The zero-order chi connectivity index (χ0) is 9.97. The number of hydrogen-bond donors (Lipinski definition) is 1. The monoisotopic (exact) mass is 312 g/mol. The fourth-order valence-electron chi connectivity index (χ4n) is 1.39. The van der Waals surface area contributed by atoms with E-state index in [2.05, 4.69) is 26.2 Å². The molecular formula is C9H11BrCl2N2O. The van der Waals surface area contributed by atoms with Crippen molar-refractivity contribution < 1.29 is 4.74 Å². The summed E-state index contributed by atoms with van der Waals surface area (Å²) in [6.45, 7) is 1.92. The highest BCUT2D eigenvalue weighted by Gasteiger charge is 2.16. The molecule has 0 bridgehead atoms. The van der Waals surface area contributed by atoms with Gasteiger partial charge in [-0.3, -0.25) is 0 Å². The molecular weight excluding hydrogens is 303 g/mol. The molecule has 15 heavy (non-hydrogen) atoms. The molecule has 1 aromatic heterocycles. The summed E-state index contributed by atoms with van der Waals surface area (Å²) in [5.41, 5.74) is 0. The molecule has 2 rings (SSSR count). The summed E-state index contributed by atoms with van der Waals surface area (Å²) in [7, 11) is 0. The fourth-order valence-corrected chi connectivity index (χ4v) is 1.82. The summed E-state index contributed by atoms with van der Waals surface area (Å²) < 4.78 is 6.46. The first kappa shape index (κ1) is 13.0. The van der Waals surface area contributed by atoms with Gasteiger partial charge in [0.05, 0.1) is 10.7 Å². The third-order valence-corrected chi connectivity index (χ3v) is 3.22. The van der Waals surface area contributed by atoms with E-state index in [4.69, 9.17) is 16.3 Å². The Morgan fingerprint density at radius 3 is 3.00 bits per heavy atom. The first-order chi connectivity index (χ1) is 6.75. The Kier molecular flexibility index (Phi) is 5.12. The average molecular weight is 314 g/mol. The van der Waals surface area contributed by atoms with Crippen LogP contribution in [0.1, 0.15) is 6.42 Å². The minimum absolute atomic E-state index is 0. The van der Waals surface area contributed by atoms with Crippen molar-refractivity contribution in [1.29, 1.82) is 0 Å². The molecule has 0 amide bonds. The Labute approximate surface area is 108 Å². The number of rotatable bonds is 2. The van der Waals surface area contributed by atoms with Crippen LogP contribution >= 0.6 is 39.9 Å². The summed E-state index contributed by atoms with van der Waals surface area (Å²) in [6, 6.07) is 1.84. The molecule has 0 saturated carbocycles. The highest BCUT2D eigenvalue weighted by atomic mass is 79.9. The molecule has 1 aliphatic rings. The summed E-state index contributed by atoms with van der Waals surface area (Å²) in [5, 5.41) is 3.70. The van der Waals surface area contributed by atoms with Crippen molar-refractivity contribution in [2.75, 3.05) is 13.1 Å². The molecule has 3 nitrogen and oxygen atoms in total. The second kappa shape index (κ2) is 5.89. The number of hydrogen-bond acceptors (Lipinski definition) is 3.